The van der Waals surface area contributed by atoms with E-state index in [1.807, 2.05) is 35.0 Å². The second-order valence-electron chi connectivity index (χ2n) is 5.46. The third kappa shape index (κ3) is 2.98. The third-order valence-electron chi connectivity index (χ3n) is 3.89. The number of benzene rings is 2. The molecule has 2 N–H and O–H groups in total. The Hall–Kier alpha value is -2.59. The first kappa shape index (κ1) is 15.3. The van der Waals surface area contributed by atoms with Crippen molar-refractivity contribution in [1.82, 2.24) is 9.78 Å². The number of aromatic nitrogens is 2. The maximum atomic E-state index is 5.71. The molecule has 3 rings (SSSR count). The van der Waals surface area contributed by atoms with E-state index in [0.717, 1.165) is 34.8 Å². The van der Waals surface area contributed by atoms with E-state index in [1.165, 1.54) is 5.56 Å². The van der Waals surface area contributed by atoms with Crippen molar-refractivity contribution in [2.75, 3.05) is 13.7 Å². The van der Waals surface area contributed by atoms with Crippen molar-refractivity contribution in [1.29, 1.82) is 0 Å². The summed E-state index contributed by atoms with van der Waals surface area (Å²) >= 11 is 0. The fourth-order valence-corrected chi connectivity index (χ4v) is 2.73. The molecule has 1 aromatic heterocycles. The van der Waals surface area contributed by atoms with Crippen LogP contribution >= 0.6 is 0 Å². The van der Waals surface area contributed by atoms with Crippen LogP contribution in [-0.2, 0) is 6.42 Å². The largest absolute Gasteiger partial charge is 0.496 e. The fraction of sp³-hybridized carbons (Fsp3) is 0.211. The molecule has 4 nitrogen and oxygen atoms in total. The SMILES string of the molecule is COc1ccccc1-c1cc(CCN)nn1-c1ccccc1C. The van der Waals surface area contributed by atoms with Gasteiger partial charge in [-0.2, -0.15) is 5.10 Å². The summed E-state index contributed by atoms with van der Waals surface area (Å²) in [5, 5.41) is 4.76. The van der Waals surface area contributed by atoms with Gasteiger partial charge in [0.15, 0.2) is 0 Å². The minimum Gasteiger partial charge on any atom is -0.496 e. The van der Waals surface area contributed by atoms with E-state index in [4.69, 9.17) is 15.6 Å². The van der Waals surface area contributed by atoms with E-state index in [-0.39, 0.29) is 0 Å². The Balaban J connectivity index is 2.21. The topological polar surface area (TPSA) is 53.1 Å². The lowest BCUT2D eigenvalue weighted by molar-refractivity contribution is 0.416. The lowest BCUT2D eigenvalue weighted by Gasteiger charge is -2.12. The number of nitrogens with zero attached hydrogens (tertiary/aromatic N) is 2. The molecule has 0 aliphatic carbocycles. The number of aryl methyl sites for hydroxylation is 1. The molecule has 0 saturated carbocycles. The summed E-state index contributed by atoms with van der Waals surface area (Å²) in [4.78, 5) is 0. The smallest absolute Gasteiger partial charge is 0.128 e. The number of rotatable bonds is 5. The zero-order valence-corrected chi connectivity index (χ0v) is 13.5. The van der Waals surface area contributed by atoms with Crippen molar-refractivity contribution >= 4 is 0 Å². The van der Waals surface area contributed by atoms with Crippen LogP contribution in [-0.4, -0.2) is 23.4 Å². The summed E-state index contributed by atoms with van der Waals surface area (Å²) in [7, 11) is 1.69. The number of methoxy groups -OCH3 is 1. The molecule has 0 amide bonds. The minimum absolute atomic E-state index is 0.580. The highest BCUT2D eigenvalue weighted by atomic mass is 16.5. The Morgan fingerprint density at radius 3 is 2.57 bits per heavy atom. The summed E-state index contributed by atoms with van der Waals surface area (Å²) in [5.41, 5.74) is 11.0. The first-order valence-electron chi connectivity index (χ1n) is 7.73. The first-order valence-corrected chi connectivity index (χ1v) is 7.73. The molecular weight excluding hydrogens is 286 g/mol. The van der Waals surface area contributed by atoms with Gasteiger partial charge in [-0.1, -0.05) is 30.3 Å². The van der Waals surface area contributed by atoms with Crippen LogP contribution in [0.15, 0.2) is 54.6 Å². The van der Waals surface area contributed by atoms with Gasteiger partial charge < -0.3 is 10.5 Å². The van der Waals surface area contributed by atoms with Crippen LogP contribution < -0.4 is 10.5 Å². The van der Waals surface area contributed by atoms with Gasteiger partial charge in [-0.25, -0.2) is 4.68 Å². The molecule has 0 bridgehead atoms. The molecule has 3 aromatic rings. The Bertz CT molecular complexity index is 808. The monoisotopic (exact) mass is 307 g/mol. The maximum absolute atomic E-state index is 5.71. The number of hydrogen-bond acceptors (Lipinski definition) is 3. The molecule has 0 saturated heterocycles. The van der Waals surface area contributed by atoms with Gasteiger partial charge in [0.2, 0.25) is 0 Å². The molecule has 0 radical (unpaired) electrons. The van der Waals surface area contributed by atoms with E-state index in [2.05, 4.69) is 31.2 Å². The quantitative estimate of drug-likeness (QED) is 0.786. The molecule has 0 fully saturated rings. The van der Waals surface area contributed by atoms with E-state index < -0.39 is 0 Å². The first-order chi connectivity index (χ1) is 11.2. The van der Waals surface area contributed by atoms with Gasteiger partial charge in [-0.05, 0) is 43.3 Å². The molecule has 23 heavy (non-hydrogen) atoms. The van der Waals surface area contributed by atoms with Crippen LogP contribution in [0, 0.1) is 6.92 Å². The minimum atomic E-state index is 0.580. The second-order valence-corrected chi connectivity index (χ2v) is 5.46. The van der Waals surface area contributed by atoms with Crippen LogP contribution in [0.1, 0.15) is 11.3 Å². The molecular formula is C19H21N3O. The molecule has 0 aliphatic heterocycles. The normalized spacial score (nSPS) is 10.7. The van der Waals surface area contributed by atoms with Gasteiger partial charge >= 0.3 is 0 Å². The van der Waals surface area contributed by atoms with E-state index in [9.17, 15) is 0 Å². The highest BCUT2D eigenvalue weighted by molar-refractivity contribution is 5.70. The van der Waals surface area contributed by atoms with E-state index >= 15 is 0 Å². The Morgan fingerprint density at radius 2 is 1.83 bits per heavy atom. The zero-order valence-electron chi connectivity index (χ0n) is 13.5. The number of nitrogens with two attached hydrogens (primary N) is 1. The summed E-state index contributed by atoms with van der Waals surface area (Å²) in [6.45, 7) is 2.67. The van der Waals surface area contributed by atoms with Crippen LogP contribution in [0.4, 0.5) is 0 Å². The Labute approximate surface area is 136 Å². The fourth-order valence-electron chi connectivity index (χ4n) is 2.73. The van der Waals surface area contributed by atoms with Gasteiger partial charge in [0.1, 0.15) is 5.75 Å². The van der Waals surface area contributed by atoms with Crippen molar-refractivity contribution in [2.24, 2.45) is 5.73 Å². The van der Waals surface area contributed by atoms with E-state index in [1.54, 1.807) is 7.11 Å². The highest BCUT2D eigenvalue weighted by Gasteiger charge is 2.15. The van der Waals surface area contributed by atoms with Crippen LogP contribution in [0.2, 0.25) is 0 Å². The van der Waals surface area contributed by atoms with Gasteiger partial charge in [0, 0.05) is 12.0 Å². The van der Waals surface area contributed by atoms with Crippen molar-refractivity contribution in [3.05, 3.63) is 65.9 Å². The molecule has 0 spiro atoms. The van der Waals surface area contributed by atoms with Gasteiger partial charge in [0.05, 0.1) is 24.2 Å². The van der Waals surface area contributed by atoms with Crippen LogP contribution in [0.3, 0.4) is 0 Å². The maximum Gasteiger partial charge on any atom is 0.128 e. The second kappa shape index (κ2) is 6.67. The average molecular weight is 307 g/mol. The van der Waals surface area contributed by atoms with Gasteiger partial charge in [0.25, 0.3) is 0 Å². The van der Waals surface area contributed by atoms with Gasteiger partial charge in [-0.15, -0.1) is 0 Å². The lowest BCUT2D eigenvalue weighted by atomic mass is 10.1. The lowest BCUT2D eigenvalue weighted by Crippen LogP contribution is -2.05. The average Bonchev–Trinajstić information content (AvgIpc) is 2.99. The number of ether oxygens (including phenoxy) is 1. The predicted molar refractivity (Wildman–Crippen MR) is 93.0 cm³/mol. The van der Waals surface area contributed by atoms with E-state index in [0.29, 0.717) is 6.54 Å². The van der Waals surface area contributed by atoms with Crippen molar-refractivity contribution in [2.45, 2.75) is 13.3 Å². The van der Waals surface area contributed by atoms with Crippen LogP contribution in [0.5, 0.6) is 5.75 Å². The third-order valence-corrected chi connectivity index (χ3v) is 3.89. The van der Waals surface area contributed by atoms with Crippen molar-refractivity contribution in [3.63, 3.8) is 0 Å². The molecule has 2 aromatic carbocycles. The highest BCUT2D eigenvalue weighted by Crippen LogP contribution is 2.32. The van der Waals surface area contributed by atoms with Gasteiger partial charge in [-0.3, -0.25) is 0 Å². The van der Waals surface area contributed by atoms with Crippen LogP contribution in [0.25, 0.3) is 16.9 Å². The standard InChI is InChI=1S/C19H21N3O/c1-14-7-3-5-9-17(14)22-18(13-15(21-22)11-12-20)16-8-4-6-10-19(16)23-2/h3-10,13H,11-12,20H2,1-2H3. The molecule has 118 valence electrons. The molecule has 4 heteroatoms. The molecule has 0 atom stereocenters. The zero-order chi connectivity index (χ0) is 16.2. The number of hydrogen-bond donors (Lipinski definition) is 1. The summed E-state index contributed by atoms with van der Waals surface area (Å²) in [6.07, 6.45) is 0.751. The summed E-state index contributed by atoms with van der Waals surface area (Å²) in [5.74, 6) is 0.835. The molecule has 0 unspecified atom stereocenters. The Kier molecular flexibility index (Phi) is 4.44. The summed E-state index contributed by atoms with van der Waals surface area (Å²) in [6, 6.07) is 18.3. The molecule has 1 heterocycles. The summed E-state index contributed by atoms with van der Waals surface area (Å²) < 4.78 is 7.51. The predicted octanol–water partition coefficient (Wildman–Crippen LogP) is 3.36. The van der Waals surface area contributed by atoms with Crippen molar-refractivity contribution in [3.8, 4) is 22.7 Å². The number of para-hydroxylation sites is 2. The van der Waals surface area contributed by atoms with Crippen molar-refractivity contribution < 1.29 is 4.74 Å². The Morgan fingerprint density at radius 1 is 1.09 bits per heavy atom. The molecule has 0 aliphatic rings.